The molecule has 0 aromatic heterocycles. The van der Waals surface area contributed by atoms with Crippen LogP contribution in [0, 0.1) is 5.41 Å². The number of alkyl halides is 1. The second kappa shape index (κ2) is 5.42. The van der Waals surface area contributed by atoms with Gasteiger partial charge in [-0.15, -0.1) is 0 Å². The number of rotatable bonds is 4. The third kappa shape index (κ3) is 2.72. The van der Waals surface area contributed by atoms with Crippen molar-refractivity contribution in [2.45, 2.75) is 25.7 Å². The van der Waals surface area contributed by atoms with Crippen molar-refractivity contribution in [1.29, 1.82) is 0 Å². The maximum Gasteiger partial charge on any atom is 0.137 e. The number of halogens is 2. The number of para-hydroxylation sites is 1. The summed E-state index contributed by atoms with van der Waals surface area (Å²) < 4.78 is 5.85. The van der Waals surface area contributed by atoms with Gasteiger partial charge >= 0.3 is 0 Å². The Morgan fingerprint density at radius 2 is 1.94 bits per heavy atom. The van der Waals surface area contributed by atoms with Crippen LogP contribution in [0.1, 0.15) is 25.7 Å². The largest absolute Gasteiger partial charge is 0.491 e. The Balaban J connectivity index is 1.98. The molecule has 0 saturated heterocycles. The number of ether oxygens (including phenoxy) is 1. The molecule has 0 unspecified atom stereocenters. The first-order valence-electron chi connectivity index (χ1n) is 5.69. The second-order valence-electron chi connectivity index (χ2n) is 4.56. The summed E-state index contributed by atoms with van der Waals surface area (Å²) in [5.74, 6) is 0.802. The van der Waals surface area contributed by atoms with Crippen molar-refractivity contribution in [3.63, 3.8) is 0 Å². The molecule has 2 rings (SSSR count). The molecule has 0 aliphatic heterocycles. The van der Waals surface area contributed by atoms with Crippen LogP contribution in [0.5, 0.6) is 5.75 Å². The highest BCUT2D eigenvalue weighted by Crippen LogP contribution is 2.40. The summed E-state index contributed by atoms with van der Waals surface area (Å²) in [5, 5.41) is 1.72. The second-order valence-corrected chi connectivity index (χ2v) is 5.53. The fourth-order valence-corrected chi connectivity index (χ4v) is 3.15. The highest BCUT2D eigenvalue weighted by Gasteiger charge is 2.33. The summed E-state index contributed by atoms with van der Waals surface area (Å²) in [6.07, 6.45) is 5.14. The molecule has 1 aromatic rings. The highest BCUT2D eigenvalue weighted by atomic mass is 79.9. The van der Waals surface area contributed by atoms with Crippen molar-refractivity contribution in [2.75, 3.05) is 11.9 Å². The van der Waals surface area contributed by atoms with Crippen LogP contribution in [0.3, 0.4) is 0 Å². The lowest BCUT2D eigenvalue weighted by molar-refractivity contribution is 0.174. The molecular formula is C13H16BrClO. The Morgan fingerprint density at radius 3 is 2.56 bits per heavy atom. The van der Waals surface area contributed by atoms with Gasteiger partial charge in [0.1, 0.15) is 5.75 Å². The normalized spacial score (nSPS) is 18.6. The van der Waals surface area contributed by atoms with E-state index in [-0.39, 0.29) is 0 Å². The summed E-state index contributed by atoms with van der Waals surface area (Å²) in [5.41, 5.74) is 0.319. The van der Waals surface area contributed by atoms with Crippen LogP contribution in [-0.4, -0.2) is 11.9 Å². The Hall–Kier alpha value is -0.210. The van der Waals surface area contributed by atoms with Gasteiger partial charge in [0.05, 0.1) is 11.6 Å². The standard InChI is InChI=1S/C13H16BrClO/c14-9-13(7-3-4-8-13)10-16-12-6-2-1-5-11(12)15/h1-2,5-6H,3-4,7-10H2. The average molecular weight is 304 g/mol. The highest BCUT2D eigenvalue weighted by molar-refractivity contribution is 9.09. The van der Waals surface area contributed by atoms with E-state index >= 15 is 0 Å². The van der Waals surface area contributed by atoms with Crippen molar-refractivity contribution >= 4 is 27.5 Å². The summed E-state index contributed by atoms with van der Waals surface area (Å²) in [7, 11) is 0. The zero-order valence-electron chi connectivity index (χ0n) is 9.22. The molecule has 0 heterocycles. The van der Waals surface area contributed by atoms with E-state index in [2.05, 4.69) is 15.9 Å². The van der Waals surface area contributed by atoms with Crippen molar-refractivity contribution in [2.24, 2.45) is 5.41 Å². The maximum absolute atomic E-state index is 6.06. The van der Waals surface area contributed by atoms with E-state index in [1.807, 2.05) is 24.3 Å². The lowest BCUT2D eigenvalue weighted by atomic mass is 9.90. The molecule has 1 aliphatic carbocycles. The number of benzene rings is 1. The smallest absolute Gasteiger partial charge is 0.137 e. The summed E-state index contributed by atoms with van der Waals surface area (Å²) in [6.45, 7) is 0.766. The van der Waals surface area contributed by atoms with Crippen molar-refractivity contribution in [3.05, 3.63) is 29.3 Å². The fourth-order valence-electron chi connectivity index (χ4n) is 2.23. The van der Waals surface area contributed by atoms with Gasteiger partial charge in [-0.2, -0.15) is 0 Å². The van der Waals surface area contributed by atoms with E-state index in [1.165, 1.54) is 25.7 Å². The first-order valence-corrected chi connectivity index (χ1v) is 7.19. The third-order valence-corrected chi connectivity index (χ3v) is 4.82. The van der Waals surface area contributed by atoms with Gasteiger partial charge in [-0.1, -0.05) is 52.5 Å². The predicted octanol–water partition coefficient (Wildman–Crippen LogP) is 4.67. The van der Waals surface area contributed by atoms with Gasteiger partial charge < -0.3 is 4.74 Å². The van der Waals surface area contributed by atoms with E-state index < -0.39 is 0 Å². The topological polar surface area (TPSA) is 9.23 Å². The maximum atomic E-state index is 6.06. The zero-order chi connectivity index (χ0) is 11.4. The van der Waals surface area contributed by atoms with Gasteiger partial charge in [0.25, 0.3) is 0 Å². The zero-order valence-corrected chi connectivity index (χ0v) is 11.6. The van der Waals surface area contributed by atoms with Crippen molar-refractivity contribution < 1.29 is 4.74 Å². The molecule has 88 valence electrons. The van der Waals surface area contributed by atoms with E-state index in [9.17, 15) is 0 Å². The van der Waals surface area contributed by atoms with E-state index in [4.69, 9.17) is 16.3 Å². The Morgan fingerprint density at radius 1 is 1.25 bits per heavy atom. The SMILES string of the molecule is Clc1ccccc1OCC1(CBr)CCCC1. The lowest BCUT2D eigenvalue weighted by Crippen LogP contribution is -2.27. The minimum Gasteiger partial charge on any atom is -0.491 e. The van der Waals surface area contributed by atoms with Gasteiger partial charge in [0.15, 0.2) is 0 Å². The Labute approximate surface area is 110 Å². The molecule has 0 N–H and O–H groups in total. The number of hydrogen-bond acceptors (Lipinski definition) is 1. The van der Waals surface area contributed by atoms with Crippen LogP contribution >= 0.6 is 27.5 Å². The quantitative estimate of drug-likeness (QED) is 0.734. The molecule has 16 heavy (non-hydrogen) atoms. The van der Waals surface area contributed by atoms with Crippen LogP contribution in [0.2, 0.25) is 5.02 Å². The monoisotopic (exact) mass is 302 g/mol. The van der Waals surface area contributed by atoms with E-state index in [1.54, 1.807) is 0 Å². The summed E-state index contributed by atoms with van der Waals surface area (Å²) in [6, 6.07) is 7.67. The summed E-state index contributed by atoms with van der Waals surface area (Å²) in [4.78, 5) is 0. The lowest BCUT2D eigenvalue weighted by Gasteiger charge is -2.26. The van der Waals surface area contributed by atoms with Crippen molar-refractivity contribution in [1.82, 2.24) is 0 Å². The molecule has 1 nitrogen and oxygen atoms in total. The molecule has 3 heteroatoms. The Bertz CT molecular complexity index is 348. The molecular weight excluding hydrogens is 287 g/mol. The van der Waals surface area contributed by atoms with Gasteiger partial charge in [0.2, 0.25) is 0 Å². The average Bonchev–Trinajstić information content (AvgIpc) is 2.78. The predicted molar refractivity (Wildman–Crippen MR) is 71.6 cm³/mol. The Kier molecular flexibility index (Phi) is 4.15. The number of hydrogen-bond donors (Lipinski definition) is 0. The van der Waals surface area contributed by atoms with Crippen molar-refractivity contribution in [3.8, 4) is 5.75 Å². The van der Waals surface area contributed by atoms with E-state index in [0.29, 0.717) is 10.4 Å². The van der Waals surface area contributed by atoms with Crippen LogP contribution in [0.15, 0.2) is 24.3 Å². The minimum absolute atomic E-state index is 0.319. The summed E-state index contributed by atoms with van der Waals surface area (Å²) >= 11 is 9.67. The molecule has 0 amide bonds. The van der Waals surface area contributed by atoms with E-state index in [0.717, 1.165) is 17.7 Å². The molecule has 1 aromatic carbocycles. The molecule has 0 spiro atoms. The first kappa shape index (κ1) is 12.3. The van der Waals surface area contributed by atoms with Crippen LogP contribution in [-0.2, 0) is 0 Å². The third-order valence-electron chi connectivity index (χ3n) is 3.32. The minimum atomic E-state index is 0.319. The van der Waals surface area contributed by atoms with Gasteiger partial charge in [-0.25, -0.2) is 0 Å². The van der Waals surface area contributed by atoms with Gasteiger partial charge in [-0.3, -0.25) is 0 Å². The molecule has 0 atom stereocenters. The van der Waals surface area contributed by atoms with Crippen LogP contribution < -0.4 is 4.74 Å². The van der Waals surface area contributed by atoms with Crippen LogP contribution in [0.25, 0.3) is 0 Å². The molecule has 0 bridgehead atoms. The van der Waals surface area contributed by atoms with Gasteiger partial charge in [0, 0.05) is 10.7 Å². The van der Waals surface area contributed by atoms with Gasteiger partial charge in [-0.05, 0) is 25.0 Å². The van der Waals surface area contributed by atoms with Crippen LogP contribution in [0.4, 0.5) is 0 Å². The fraction of sp³-hybridized carbons (Fsp3) is 0.538. The molecule has 1 aliphatic rings. The molecule has 1 fully saturated rings. The first-order chi connectivity index (χ1) is 7.76. The molecule has 1 saturated carbocycles. The molecule has 0 radical (unpaired) electrons.